The minimum atomic E-state index is -0.126. The second kappa shape index (κ2) is 5.43. The van der Waals surface area contributed by atoms with E-state index in [0.29, 0.717) is 6.61 Å². The molecule has 2 N–H and O–H groups in total. The second-order valence-electron chi connectivity index (χ2n) is 7.29. The van der Waals surface area contributed by atoms with E-state index in [9.17, 15) is 0 Å². The fraction of sp³-hybridized carbons (Fsp3) is 0.625. The highest BCUT2D eigenvalue weighted by Crippen LogP contribution is 2.48. The Balaban J connectivity index is 1.74. The SMILES string of the molecule is CCSc1nnc2n1-c1sc3c(c1C1NC(C)NN21)CC(C)(C)OC3. The fourth-order valence-electron chi connectivity index (χ4n) is 3.84. The number of thioether (sulfide) groups is 1. The Kier molecular flexibility index (Phi) is 3.49. The van der Waals surface area contributed by atoms with Gasteiger partial charge in [-0.15, -0.1) is 21.5 Å². The van der Waals surface area contributed by atoms with Gasteiger partial charge in [-0.3, -0.25) is 10.3 Å². The normalized spacial score (nSPS) is 26.2. The molecule has 2 atom stereocenters. The fourth-order valence-corrected chi connectivity index (χ4v) is 5.82. The van der Waals surface area contributed by atoms with E-state index in [1.807, 2.05) is 11.3 Å². The minimum absolute atomic E-state index is 0.0927. The summed E-state index contributed by atoms with van der Waals surface area (Å²) in [6.45, 7) is 9.31. The number of hydrogen-bond donors (Lipinski definition) is 2. The van der Waals surface area contributed by atoms with E-state index < -0.39 is 0 Å². The summed E-state index contributed by atoms with van der Waals surface area (Å²) in [5.41, 5.74) is 6.15. The number of ether oxygens (including phenoxy) is 1. The number of hydrogen-bond acceptors (Lipinski definition) is 8. The number of nitrogens with one attached hydrogen (secondary N) is 2. The minimum Gasteiger partial charge on any atom is -0.370 e. The molecule has 25 heavy (non-hydrogen) atoms. The summed E-state index contributed by atoms with van der Waals surface area (Å²) in [6, 6.07) is 0. The lowest BCUT2D eigenvalue weighted by molar-refractivity contribution is -0.0385. The van der Waals surface area contributed by atoms with Crippen LogP contribution in [0.5, 0.6) is 0 Å². The Bertz CT molecular complexity index is 844. The van der Waals surface area contributed by atoms with Gasteiger partial charge in [-0.1, -0.05) is 18.7 Å². The largest absolute Gasteiger partial charge is 0.370 e. The summed E-state index contributed by atoms with van der Waals surface area (Å²) in [6.07, 6.45) is 1.21. The van der Waals surface area contributed by atoms with Crippen molar-refractivity contribution in [1.82, 2.24) is 25.5 Å². The van der Waals surface area contributed by atoms with Crippen LogP contribution in [-0.2, 0) is 17.8 Å². The molecule has 5 rings (SSSR count). The van der Waals surface area contributed by atoms with Gasteiger partial charge < -0.3 is 4.74 Å². The van der Waals surface area contributed by atoms with Gasteiger partial charge in [-0.2, -0.15) is 0 Å². The van der Waals surface area contributed by atoms with Gasteiger partial charge in [0.2, 0.25) is 5.95 Å². The Hall–Kier alpha value is -1.13. The van der Waals surface area contributed by atoms with Crippen LogP contribution in [0.2, 0.25) is 0 Å². The zero-order chi connectivity index (χ0) is 17.3. The third kappa shape index (κ3) is 2.30. The highest BCUT2D eigenvalue weighted by molar-refractivity contribution is 7.99. The van der Waals surface area contributed by atoms with Crippen LogP contribution in [-0.4, -0.2) is 32.3 Å². The molecule has 2 unspecified atom stereocenters. The molecule has 1 fully saturated rings. The third-order valence-corrected chi connectivity index (χ3v) is 6.91. The van der Waals surface area contributed by atoms with Crippen LogP contribution in [0.3, 0.4) is 0 Å². The molecule has 3 aliphatic heterocycles. The first-order chi connectivity index (χ1) is 12.0. The zero-order valence-corrected chi connectivity index (χ0v) is 16.4. The molecule has 2 aromatic rings. The van der Waals surface area contributed by atoms with Crippen molar-refractivity contribution in [3.05, 3.63) is 16.0 Å². The standard InChI is InChI=1S/C16H22N6OS2/c1-5-24-15-19-18-14-21(15)13-11(12-17-8(2)20-22(12)14)9-6-16(3,4)23-7-10(9)25-13/h8,12,17,20H,5-7H2,1-4H3. The quantitative estimate of drug-likeness (QED) is 0.779. The molecule has 2 aromatic heterocycles. The van der Waals surface area contributed by atoms with Gasteiger partial charge in [0.15, 0.2) is 5.16 Å². The van der Waals surface area contributed by atoms with Gasteiger partial charge in [-0.05, 0) is 32.1 Å². The number of aromatic nitrogens is 3. The topological polar surface area (TPSA) is 67.2 Å². The number of rotatable bonds is 2. The Morgan fingerprint density at radius 2 is 2.24 bits per heavy atom. The monoisotopic (exact) mass is 378 g/mol. The zero-order valence-electron chi connectivity index (χ0n) is 14.8. The van der Waals surface area contributed by atoms with Crippen molar-refractivity contribution in [3.8, 4) is 5.00 Å². The maximum absolute atomic E-state index is 6.06. The lowest BCUT2D eigenvalue weighted by Crippen LogP contribution is -2.40. The van der Waals surface area contributed by atoms with Crippen molar-refractivity contribution in [3.63, 3.8) is 0 Å². The molecular weight excluding hydrogens is 356 g/mol. The lowest BCUT2D eigenvalue weighted by Gasteiger charge is -2.34. The molecule has 0 aliphatic carbocycles. The Morgan fingerprint density at radius 3 is 3.04 bits per heavy atom. The summed E-state index contributed by atoms with van der Waals surface area (Å²) in [7, 11) is 0. The number of nitrogens with zero attached hydrogens (tertiary/aromatic N) is 4. The molecule has 0 radical (unpaired) electrons. The maximum atomic E-state index is 6.06. The van der Waals surface area contributed by atoms with Crippen LogP contribution in [0.15, 0.2) is 5.16 Å². The van der Waals surface area contributed by atoms with E-state index in [4.69, 9.17) is 4.74 Å². The number of fused-ring (bicyclic) bond motifs is 8. The molecule has 0 aromatic carbocycles. The van der Waals surface area contributed by atoms with Gasteiger partial charge >= 0.3 is 0 Å². The van der Waals surface area contributed by atoms with Crippen LogP contribution in [0.1, 0.15) is 49.9 Å². The first kappa shape index (κ1) is 16.1. The van der Waals surface area contributed by atoms with Gasteiger partial charge in [-0.25, -0.2) is 9.99 Å². The lowest BCUT2D eigenvalue weighted by atomic mass is 9.92. The number of thiophene rings is 1. The van der Waals surface area contributed by atoms with E-state index in [1.54, 1.807) is 11.8 Å². The highest BCUT2D eigenvalue weighted by Gasteiger charge is 2.45. The van der Waals surface area contributed by atoms with Crippen molar-refractivity contribution in [1.29, 1.82) is 0 Å². The molecule has 3 aliphatic rings. The maximum Gasteiger partial charge on any atom is 0.249 e. The summed E-state index contributed by atoms with van der Waals surface area (Å²) in [5, 5.41) is 16.9. The summed E-state index contributed by atoms with van der Waals surface area (Å²) < 4.78 is 8.28. The van der Waals surface area contributed by atoms with Crippen LogP contribution >= 0.6 is 23.1 Å². The molecule has 5 heterocycles. The molecular formula is C16H22N6OS2. The van der Waals surface area contributed by atoms with Crippen molar-refractivity contribution in [2.45, 2.75) is 63.8 Å². The van der Waals surface area contributed by atoms with E-state index in [2.05, 4.69) is 58.2 Å². The van der Waals surface area contributed by atoms with E-state index in [0.717, 1.165) is 23.3 Å². The van der Waals surface area contributed by atoms with Crippen LogP contribution < -0.4 is 15.8 Å². The average molecular weight is 379 g/mol. The summed E-state index contributed by atoms with van der Waals surface area (Å²) in [4.78, 5) is 1.33. The summed E-state index contributed by atoms with van der Waals surface area (Å²) >= 11 is 3.56. The predicted octanol–water partition coefficient (Wildman–Crippen LogP) is 2.56. The molecule has 0 spiro atoms. The number of anilines is 1. The highest BCUT2D eigenvalue weighted by atomic mass is 32.2. The smallest absolute Gasteiger partial charge is 0.249 e. The van der Waals surface area contributed by atoms with Crippen molar-refractivity contribution >= 4 is 29.0 Å². The van der Waals surface area contributed by atoms with Crippen LogP contribution in [0, 0.1) is 0 Å². The second-order valence-corrected chi connectivity index (χ2v) is 9.60. The third-order valence-electron chi connectivity index (χ3n) is 4.89. The van der Waals surface area contributed by atoms with E-state index >= 15 is 0 Å². The predicted molar refractivity (Wildman–Crippen MR) is 99.2 cm³/mol. The van der Waals surface area contributed by atoms with E-state index in [-0.39, 0.29) is 17.9 Å². The molecule has 1 saturated heterocycles. The molecule has 134 valence electrons. The van der Waals surface area contributed by atoms with Crippen molar-refractivity contribution < 1.29 is 4.74 Å². The van der Waals surface area contributed by atoms with Gasteiger partial charge in [0.1, 0.15) is 11.2 Å². The molecule has 0 amide bonds. The molecule has 9 heteroatoms. The van der Waals surface area contributed by atoms with Crippen molar-refractivity contribution in [2.75, 3.05) is 10.8 Å². The first-order valence-corrected chi connectivity index (χ1v) is 10.5. The van der Waals surface area contributed by atoms with Crippen molar-refractivity contribution in [2.24, 2.45) is 0 Å². The van der Waals surface area contributed by atoms with Crippen LogP contribution in [0.4, 0.5) is 5.95 Å². The van der Waals surface area contributed by atoms with Gasteiger partial charge in [0, 0.05) is 16.9 Å². The van der Waals surface area contributed by atoms with Gasteiger partial charge in [0.25, 0.3) is 0 Å². The molecule has 7 nitrogen and oxygen atoms in total. The first-order valence-electron chi connectivity index (χ1n) is 8.67. The average Bonchev–Trinajstić information content (AvgIpc) is 3.21. The van der Waals surface area contributed by atoms with Gasteiger partial charge in [0.05, 0.1) is 18.4 Å². The Morgan fingerprint density at radius 1 is 1.40 bits per heavy atom. The summed E-state index contributed by atoms with van der Waals surface area (Å²) in [5.74, 6) is 1.84. The van der Waals surface area contributed by atoms with E-state index in [1.165, 1.54) is 21.0 Å². The molecule has 0 bridgehead atoms. The van der Waals surface area contributed by atoms with Crippen LogP contribution in [0.25, 0.3) is 5.00 Å². The Labute approximate surface area is 155 Å². The number of hydrazine groups is 1. The molecule has 0 saturated carbocycles.